The maximum Gasteiger partial charge on any atom is 0.408 e. The second-order valence-corrected chi connectivity index (χ2v) is 8.21. The molecule has 3 N–H and O–H groups in total. The highest BCUT2D eigenvalue weighted by atomic mass is 16.5. The third-order valence-electron chi connectivity index (χ3n) is 3.83. The van der Waals surface area contributed by atoms with Crippen molar-refractivity contribution in [1.82, 2.24) is 10.6 Å². The zero-order valence-corrected chi connectivity index (χ0v) is 17.7. The van der Waals surface area contributed by atoms with Crippen LogP contribution in [0.25, 0.3) is 0 Å². The monoisotopic (exact) mass is 408 g/mol. The molecule has 29 heavy (non-hydrogen) atoms. The quantitative estimate of drug-likeness (QED) is 0.548. The molecule has 0 aromatic heterocycles. The summed E-state index contributed by atoms with van der Waals surface area (Å²) >= 11 is 0. The molecule has 0 saturated heterocycles. The number of carbonyl (C=O) groups excluding carboxylic acids is 2. The molecule has 0 spiro atoms. The first kappa shape index (κ1) is 24.4. The third-order valence-corrected chi connectivity index (χ3v) is 3.83. The Balaban J connectivity index is 2.69. The van der Waals surface area contributed by atoms with Gasteiger partial charge >= 0.3 is 12.1 Å². The van der Waals surface area contributed by atoms with Crippen LogP contribution in [-0.4, -0.2) is 47.4 Å². The smallest absolute Gasteiger partial charge is 0.408 e. The number of aliphatic carboxylic acids is 1. The Morgan fingerprint density at radius 1 is 1.03 bits per heavy atom. The van der Waals surface area contributed by atoms with E-state index in [-0.39, 0.29) is 19.1 Å². The van der Waals surface area contributed by atoms with E-state index < -0.39 is 35.7 Å². The molecule has 8 heteroatoms. The number of benzene rings is 1. The lowest BCUT2D eigenvalue weighted by Gasteiger charge is -2.25. The first-order valence-corrected chi connectivity index (χ1v) is 9.62. The highest BCUT2D eigenvalue weighted by Crippen LogP contribution is 2.09. The number of rotatable bonds is 10. The number of ether oxygens (including phenoxy) is 2. The molecule has 0 radical (unpaired) electrons. The fourth-order valence-corrected chi connectivity index (χ4v) is 2.39. The molecule has 2 unspecified atom stereocenters. The van der Waals surface area contributed by atoms with Crippen LogP contribution in [0, 0.1) is 5.92 Å². The minimum Gasteiger partial charge on any atom is -0.480 e. The summed E-state index contributed by atoms with van der Waals surface area (Å²) in [6, 6.07) is 7.01. The van der Waals surface area contributed by atoms with Crippen molar-refractivity contribution in [2.24, 2.45) is 5.92 Å². The second-order valence-electron chi connectivity index (χ2n) is 8.21. The molecule has 1 aromatic carbocycles. The second kappa shape index (κ2) is 11.4. The van der Waals surface area contributed by atoms with Gasteiger partial charge in [0.25, 0.3) is 0 Å². The van der Waals surface area contributed by atoms with Gasteiger partial charge in [-0.2, -0.15) is 0 Å². The van der Waals surface area contributed by atoms with Crippen molar-refractivity contribution in [2.45, 2.75) is 65.3 Å². The van der Waals surface area contributed by atoms with Gasteiger partial charge in [0.15, 0.2) is 6.04 Å². The lowest BCUT2D eigenvalue weighted by atomic mass is 10.0. The average molecular weight is 408 g/mol. The van der Waals surface area contributed by atoms with Gasteiger partial charge in [0.1, 0.15) is 12.6 Å². The molecule has 2 atom stereocenters. The average Bonchev–Trinajstić information content (AvgIpc) is 2.62. The lowest BCUT2D eigenvalue weighted by Crippen LogP contribution is -2.53. The fraction of sp³-hybridized carbons (Fsp3) is 0.571. The van der Waals surface area contributed by atoms with Crippen LogP contribution in [0.4, 0.5) is 4.79 Å². The van der Waals surface area contributed by atoms with Crippen LogP contribution < -0.4 is 10.6 Å². The summed E-state index contributed by atoms with van der Waals surface area (Å²) < 4.78 is 10.6. The van der Waals surface area contributed by atoms with Crippen molar-refractivity contribution in [3.8, 4) is 0 Å². The number of nitrogens with one attached hydrogen (secondary N) is 2. The van der Waals surface area contributed by atoms with Gasteiger partial charge in [0.2, 0.25) is 5.91 Å². The van der Waals surface area contributed by atoms with E-state index in [0.29, 0.717) is 6.42 Å². The Morgan fingerprint density at radius 3 is 2.17 bits per heavy atom. The highest BCUT2D eigenvalue weighted by Gasteiger charge is 2.28. The molecule has 8 nitrogen and oxygen atoms in total. The number of alkyl carbamates (subject to hydrolysis) is 1. The molecule has 0 fully saturated rings. The summed E-state index contributed by atoms with van der Waals surface area (Å²) in [5.41, 5.74) is 0.271. The van der Waals surface area contributed by atoms with Crippen LogP contribution in [0.5, 0.6) is 0 Å². The van der Waals surface area contributed by atoms with E-state index in [1.807, 2.05) is 44.2 Å². The van der Waals surface area contributed by atoms with Crippen molar-refractivity contribution in [2.75, 3.05) is 6.61 Å². The van der Waals surface area contributed by atoms with Gasteiger partial charge in [-0.15, -0.1) is 0 Å². The standard InChI is InChI=1S/C21H32N2O6/c1-14(2)11-16(23-20(27)28-12-15-9-7-6-8-10-15)18(24)22-17(19(25)26)13-29-21(3,4)5/h6-10,14,16-17H,11-13H2,1-5H3,(H,22,24)(H,23,27)(H,25,26). The molecule has 162 valence electrons. The molecule has 0 saturated carbocycles. The van der Waals surface area contributed by atoms with Gasteiger partial charge in [0.05, 0.1) is 12.2 Å². The van der Waals surface area contributed by atoms with Gasteiger partial charge in [-0.25, -0.2) is 9.59 Å². The minimum absolute atomic E-state index is 0.0693. The maximum absolute atomic E-state index is 12.6. The van der Waals surface area contributed by atoms with Crippen molar-refractivity contribution in [3.05, 3.63) is 35.9 Å². The van der Waals surface area contributed by atoms with Crippen LogP contribution in [0.2, 0.25) is 0 Å². The van der Waals surface area contributed by atoms with E-state index in [4.69, 9.17) is 9.47 Å². The van der Waals surface area contributed by atoms with Gasteiger partial charge in [0, 0.05) is 0 Å². The number of carboxylic acids is 1. The minimum atomic E-state index is -1.22. The molecule has 1 rings (SSSR count). The summed E-state index contributed by atoms with van der Waals surface area (Å²) in [7, 11) is 0. The molecule has 0 aliphatic carbocycles. The SMILES string of the molecule is CC(C)CC(NC(=O)OCc1ccccc1)C(=O)NC(COC(C)(C)C)C(=O)O. The molecule has 0 aliphatic heterocycles. The molecule has 0 heterocycles. The molecular formula is C21H32N2O6. The van der Waals surface area contributed by atoms with E-state index in [1.54, 1.807) is 20.8 Å². The highest BCUT2D eigenvalue weighted by molar-refractivity contribution is 5.89. The topological polar surface area (TPSA) is 114 Å². The first-order chi connectivity index (χ1) is 13.5. The largest absolute Gasteiger partial charge is 0.480 e. The van der Waals surface area contributed by atoms with Crippen LogP contribution in [-0.2, 0) is 25.7 Å². The van der Waals surface area contributed by atoms with Crippen molar-refractivity contribution >= 4 is 18.0 Å². The number of hydrogen-bond acceptors (Lipinski definition) is 5. The van der Waals surface area contributed by atoms with Gasteiger partial charge in [-0.1, -0.05) is 44.2 Å². The molecule has 0 aliphatic rings. The predicted octanol–water partition coefficient (Wildman–Crippen LogP) is 2.71. The Hall–Kier alpha value is -2.61. The third kappa shape index (κ3) is 10.5. The number of hydrogen-bond donors (Lipinski definition) is 3. The lowest BCUT2D eigenvalue weighted by molar-refractivity contribution is -0.145. The summed E-state index contributed by atoms with van der Waals surface area (Å²) in [4.78, 5) is 36.2. The normalized spacial score (nSPS) is 13.4. The van der Waals surface area contributed by atoms with Crippen molar-refractivity contribution in [3.63, 3.8) is 0 Å². The molecule has 2 amide bonds. The molecule has 1 aromatic rings. The van der Waals surface area contributed by atoms with Gasteiger partial charge in [-0.05, 0) is 38.7 Å². The zero-order chi connectivity index (χ0) is 22.0. The van der Waals surface area contributed by atoms with E-state index in [1.165, 1.54) is 0 Å². The first-order valence-electron chi connectivity index (χ1n) is 9.62. The zero-order valence-electron chi connectivity index (χ0n) is 17.7. The van der Waals surface area contributed by atoms with Crippen molar-refractivity contribution < 1.29 is 29.0 Å². The Kier molecular flexibility index (Phi) is 9.61. The van der Waals surface area contributed by atoms with Gasteiger partial charge < -0.3 is 25.2 Å². The Bertz CT molecular complexity index is 669. The maximum atomic E-state index is 12.6. The summed E-state index contributed by atoms with van der Waals surface area (Å²) in [6.07, 6.45) is -0.411. The Labute approximate surface area is 172 Å². The fourth-order valence-electron chi connectivity index (χ4n) is 2.39. The number of carbonyl (C=O) groups is 3. The van der Waals surface area contributed by atoms with Crippen LogP contribution in [0.1, 0.15) is 46.6 Å². The van der Waals surface area contributed by atoms with E-state index in [2.05, 4.69) is 10.6 Å². The number of carboxylic acid groups (broad SMARTS) is 1. The van der Waals surface area contributed by atoms with Gasteiger partial charge in [-0.3, -0.25) is 4.79 Å². The van der Waals surface area contributed by atoms with Crippen molar-refractivity contribution in [1.29, 1.82) is 0 Å². The van der Waals surface area contributed by atoms with E-state index in [9.17, 15) is 19.5 Å². The summed E-state index contributed by atoms with van der Waals surface area (Å²) in [5, 5.41) is 14.3. The van der Waals surface area contributed by atoms with Crippen LogP contribution in [0.3, 0.4) is 0 Å². The number of amides is 2. The van der Waals surface area contributed by atoms with Crippen LogP contribution in [0.15, 0.2) is 30.3 Å². The van der Waals surface area contributed by atoms with Crippen LogP contribution >= 0.6 is 0 Å². The van der Waals surface area contributed by atoms with E-state index >= 15 is 0 Å². The summed E-state index contributed by atoms with van der Waals surface area (Å²) in [6.45, 7) is 9.05. The predicted molar refractivity (Wildman–Crippen MR) is 108 cm³/mol. The molecular weight excluding hydrogens is 376 g/mol. The summed E-state index contributed by atoms with van der Waals surface area (Å²) in [5.74, 6) is -1.72. The van der Waals surface area contributed by atoms with E-state index in [0.717, 1.165) is 5.56 Å². The molecule has 0 bridgehead atoms. The Morgan fingerprint density at radius 2 is 1.66 bits per heavy atom.